The van der Waals surface area contributed by atoms with Crippen LogP contribution in [0.25, 0.3) is 0 Å². The highest BCUT2D eigenvalue weighted by Crippen LogP contribution is 2.25. The van der Waals surface area contributed by atoms with Crippen LogP contribution in [0.5, 0.6) is 0 Å². The number of hydrogen-bond donors (Lipinski definition) is 5. The monoisotopic (exact) mass is 1220 g/mol. The number of amides is 12. The summed E-state index contributed by atoms with van der Waals surface area (Å²) in [5.41, 5.74) is 5.55. The van der Waals surface area contributed by atoms with Gasteiger partial charge in [0.15, 0.2) is 0 Å². The van der Waals surface area contributed by atoms with Gasteiger partial charge in [-0.1, -0.05) is 110 Å². The van der Waals surface area contributed by atoms with E-state index in [1.807, 2.05) is 76.2 Å². The van der Waals surface area contributed by atoms with Gasteiger partial charge in [0, 0.05) is 55.8 Å². The Morgan fingerprint density at radius 1 is 0.430 bits per heavy atom. The maximum absolute atomic E-state index is 15.1. The fourth-order valence-electron chi connectivity index (χ4n) is 10.9. The lowest BCUT2D eigenvalue weighted by atomic mass is 9.94. The lowest BCUT2D eigenvalue weighted by Crippen LogP contribution is -2.61. The number of nitrogens with zero attached hydrogens (tertiary/aromatic N) is 7. The van der Waals surface area contributed by atoms with Crippen molar-refractivity contribution in [2.24, 2.45) is 47.2 Å². The summed E-state index contributed by atoms with van der Waals surface area (Å²) >= 11 is 0. The minimum atomic E-state index is -1.46. The normalized spacial score (nSPS) is 25.9. The maximum atomic E-state index is 15.1. The maximum Gasteiger partial charge on any atom is 0.246 e. The van der Waals surface area contributed by atoms with Crippen molar-refractivity contribution >= 4 is 70.9 Å². The molecule has 24 heteroatoms. The Morgan fingerprint density at radius 2 is 0.802 bits per heavy atom. The van der Waals surface area contributed by atoms with Gasteiger partial charge in [-0.3, -0.25) is 57.5 Å². The first-order valence-electron chi connectivity index (χ1n) is 31.0. The van der Waals surface area contributed by atoms with Crippen LogP contribution in [0.1, 0.15) is 169 Å². The van der Waals surface area contributed by atoms with Crippen LogP contribution >= 0.6 is 0 Å². The molecule has 86 heavy (non-hydrogen) atoms. The Morgan fingerprint density at radius 3 is 1.21 bits per heavy atom. The van der Waals surface area contributed by atoms with E-state index in [0.29, 0.717) is 6.42 Å². The fraction of sp³-hybridized carbons (Fsp3) is 0.806. The molecular weight excluding hydrogens is 1100 g/mol. The number of hydrogen-bond acceptors (Lipinski definition) is 12. The van der Waals surface area contributed by atoms with Crippen molar-refractivity contribution in [3.05, 3.63) is 0 Å². The van der Waals surface area contributed by atoms with Gasteiger partial charge in [0.25, 0.3) is 0 Å². The van der Waals surface area contributed by atoms with Gasteiger partial charge in [0.2, 0.25) is 70.9 Å². The molecule has 0 unspecified atom stereocenters. The summed E-state index contributed by atoms with van der Waals surface area (Å²) in [5.74, 6) is -9.86. The molecule has 0 saturated carbocycles. The summed E-state index contributed by atoms with van der Waals surface area (Å²) in [6.07, 6.45) is 0.678. The minimum Gasteiger partial charge on any atom is -0.370 e. The molecule has 1 rings (SSSR count). The molecular formula is C62H112N12O12. The van der Waals surface area contributed by atoms with Crippen molar-refractivity contribution in [2.75, 3.05) is 55.9 Å². The molecule has 1 heterocycles. The average molecular weight is 1220 g/mol. The van der Waals surface area contributed by atoms with Crippen molar-refractivity contribution in [1.29, 1.82) is 0 Å². The Labute approximate surface area is 514 Å². The molecule has 0 aromatic carbocycles. The molecule has 1 fully saturated rings. The van der Waals surface area contributed by atoms with Crippen LogP contribution in [0.3, 0.4) is 0 Å². The van der Waals surface area contributed by atoms with Crippen LogP contribution in [-0.2, 0) is 57.5 Å². The number of likely N-dealkylation sites (N-methyl/N-ethyl adjacent to an activating group) is 7. The van der Waals surface area contributed by atoms with Crippen molar-refractivity contribution in [3.63, 3.8) is 0 Å². The highest BCUT2D eigenvalue weighted by atomic mass is 16.2. The summed E-state index contributed by atoms with van der Waals surface area (Å²) < 4.78 is 0. The Bertz CT molecular complexity index is 2340. The summed E-state index contributed by atoms with van der Waals surface area (Å²) in [6.45, 7) is 28.3. The number of primary amides is 1. The highest BCUT2D eigenvalue weighted by molar-refractivity contribution is 5.99. The van der Waals surface area contributed by atoms with Crippen molar-refractivity contribution < 1.29 is 57.5 Å². The first kappa shape index (κ1) is 77.7. The van der Waals surface area contributed by atoms with Gasteiger partial charge in [-0.15, -0.1) is 0 Å². The van der Waals surface area contributed by atoms with E-state index in [0.717, 1.165) is 0 Å². The third-order valence-electron chi connectivity index (χ3n) is 15.9. The second-order valence-electron chi connectivity index (χ2n) is 26.7. The summed E-state index contributed by atoms with van der Waals surface area (Å²) in [4.78, 5) is 182. The van der Waals surface area contributed by atoms with Crippen molar-refractivity contribution in [1.82, 2.24) is 55.6 Å². The standard InChI is InChI=1S/C62H112N12O12/c1-24-25-43-58(82)68(17)33-50(76)69(18)44(28-34(2)3)56(80)67-51(39(12)13)61(85)70(19)45(29-35(4)5)54(78)65-42(26-27-49(63)75)53(77)64-41(16)57(81)72(21)47(31-37(8)9)59(83)73(22)48(32-38(10)11)60(84)74(23)52(40(14)15)62(86)71(20)46(30-36(6)7)55(79)66-43/h34-48,51-52H,24-33H2,1-23H3,(H2,63,75)(H,64,77)(H,65,78)(H,66,79)(H,67,80)/t41-,42+,43+,44+,45+,46+,47+,48+,51+,52+/m1/s1. The molecule has 10 atom stereocenters. The van der Waals surface area contributed by atoms with Crippen LogP contribution in [0, 0.1) is 41.4 Å². The molecule has 1 saturated heterocycles. The third kappa shape index (κ3) is 22.7. The molecule has 0 spiro atoms. The van der Waals surface area contributed by atoms with E-state index >= 15 is 9.59 Å². The fourth-order valence-corrected chi connectivity index (χ4v) is 10.9. The van der Waals surface area contributed by atoms with Gasteiger partial charge in [0.05, 0.1) is 6.54 Å². The first-order chi connectivity index (χ1) is 39.6. The molecule has 492 valence electrons. The van der Waals surface area contributed by atoms with E-state index < -0.39 is 150 Å². The topological polar surface area (TPSA) is 302 Å². The van der Waals surface area contributed by atoms with E-state index in [9.17, 15) is 47.9 Å². The Hall–Kier alpha value is -6.36. The highest BCUT2D eigenvalue weighted by Gasteiger charge is 2.44. The van der Waals surface area contributed by atoms with E-state index in [1.54, 1.807) is 27.7 Å². The molecule has 24 nitrogen and oxygen atoms in total. The van der Waals surface area contributed by atoms with Crippen LogP contribution in [0.2, 0.25) is 0 Å². The molecule has 0 aromatic heterocycles. The second kappa shape index (κ2) is 35.4. The van der Waals surface area contributed by atoms with E-state index in [-0.39, 0.29) is 81.0 Å². The number of carbonyl (C=O) groups excluding carboxylic acids is 12. The number of carbonyl (C=O) groups is 12. The van der Waals surface area contributed by atoms with Gasteiger partial charge in [-0.25, -0.2) is 0 Å². The molecule has 0 bridgehead atoms. The van der Waals surface area contributed by atoms with Gasteiger partial charge >= 0.3 is 0 Å². The summed E-state index contributed by atoms with van der Waals surface area (Å²) in [6, 6.07) is -12.1. The van der Waals surface area contributed by atoms with E-state index in [4.69, 9.17) is 5.73 Å². The van der Waals surface area contributed by atoms with Gasteiger partial charge in [-0.05, 0) is 93.3 Å². The predicted octanol–water partition coefficient (Wildman–Crippen LogP) is 2.99. The average Bonchev–Trinajstić information content (AvgIpc) is 3.63. The zero-order chi connectivity index (χ0) is 66.7. The summed E-state index contributed by atoms with van der Waals surface area (Å²) in [5, 5.41) is 11.1. The molecule has 12 amide bonds. The van der Waals surface area contributed by atoms with E-state index in [1.165, 1.54) is 90.6 Å². The molecule has 0 radical (unpaired) electrons. The lowest BCUT2D eigenvalue weighted by molar-refractivity contribution is -0.156. The van der Waals surface area contributed by atoms with Crippen molar-refractivity contribution in [2.45, 2.75) is 229 Å². The molecule has 0 aliphatic carbocycles. The quantitative estimate of drug-likeness (QED) is 0.141. The third-order valence-corrected chi connectivity index (χ3v) is 15.9. The predicted molar refractivity (Wildman–Crippen MR) is 331 cm³/mol. The lowest BCUT2D eigenvalue weighted by Gasteiger charge is -2.41. The molecule has 0 aromatic rings. The number of nitrogens with one attached hydrogen (secondary N) is 4. The first-order valence-corrected chi connectivity index (χ1v) is 31.0. The van der Waals surface area contributed by atoms with Gasteiger partial charge < -0.3 is 61.3 Å². The minimum absolute atomic E-state index is 0.0879. The van der Waals surface area contributed by atoms with Crippen LogP contribution < -0.4 is 27.0 Å². The van der Waals surface area contributed by atoms with Crippen molar-refractivity contribution in [3.8, 4) is 0 Å². The molecule has 1 aliphatic heterocycles. The number of rotatable bonds is 17. The van der Waals surface area contributed by atoms with Crippen LogP contribution in [-0.4, -0.2) is 221 Å². The number of nitrogens with two attached hydrogens (primary N) is 1. The molecule has 1 aliphatic rings. The van der Waals surface area contributed by atoms with Gasteiger partial charge in [0.1, 0.15) is 60.4 Å². The largest absolute Gasteiger partial charge is 0.370 e. The van der Waals surface area contributed by atoms with Crippen LogP contribution in [0.15, 0.2) is 0 Å². The Kier molecular flexibility index (Phi) is 32.0. The zero-order valence-electron chi connectivity index (χ0n) is 56.5. The summed E-state index contributed by atoms with van der Waals surface area (Å²) in [7, 11) is 10.1. The Balaban J connectivity index is 4.36. The van der Waals surface area contributed by atoms with Gasteiger partial charge in [-0.2, -0.15) is 0 Å². The van der Waals surface area contributed by atoms with Crippen LogP contribution in [0.4, 0.5) is 0 Å². The smallest absolute Gasteiger partial charge is 0.246 e. The van der Waals surface area contributed by atoms with E-state index in [2.05, 4.69) is 21.3 Å². The second-order valence-corrected chi connectivity index (χ2v) is 26.7. The molecule has 6 N–H and O–H groups in total. The SMILES string of the molecule is CCC[C@@H]1NC(=O)[C@H](CC(C)C)N(C)C(=O)[C@H](C(C)C)N(C)C(=O)[C@H](CC(C)C)N(C)C(=O)[C@H](CC(C)C)N(C)C(=O)[C@@H](C)NC(=O)[C@H](CCC(N)=O)NC(=O)[C@H](CC(C)C)N(C)C(=O)[C@H](C(C)C)NC(=O)[C@H](CC(C)C)N(C)C(=O)CN(C)C1=O. The zero-order valence-corrected chi connectivity index (χ0v) is 56.5.